The topological polar surface area (TPSA) is 91.0 Å². The number of imidazole rings is 1. The van der Waals surface area contributed by atoms with Crippen molar-refractivity contribution >= 4 is 17.5 Å². The lowest BCUT2D eigenvalue weighted by Crippen LogP contribution is -2.36. The molecular weight excluding hydrogens is 442 g/mol. The van der Waals surface area contributed by atoms with Crippen molar-refractivity contribution in [2.75, 3.05) is 7.11 Å². The summed E-state index contributed by atoms with van der Waals surface area (Å²) in [6.07, 6.45) is 3.44. The van der Waals surface area contributed by atoms with E-state index >= 15 is 0 Å². The van der Waals surface area contributed by atoms with Crippen LogP contribution in [0.4, 0.5) is 0 Å². The number of hydrogen-bond donors (Lipinski definition) is 1. The van der Waals surface area contributed by atoms with Gasteiger partial charge in [0.2, 0.25) is 5.43 Å². The van der Waals surface area contributed by atoms with Crippen LogP contribution in [0.2, 0.25) is 5.02 Å². The number of ether oxygens (including phenoxy) is 1. The maximum atomic E-state index is 13.3. The van der Waals surface area contributed by atoms with Gasteiger partial charge in [0.05, 0.1) is 12.8 Å². The molecule has 0 aliphatic rings. The maximum Gasteiger partial charge on any atom is 0.276 e. The Hall–Kier alpha value is -3.91. The Morgan fingerprint density at radius 2 is 1.82 bits per heavy atom. The van der Waals surface area contributed by atoms with Crippen molar-refractivity contribution in [1.29, 1.82) is 0 Å². The first-order chi connectivity index (χ1) is 15.9. The highest BCUT2D eigenvalue weighted by Crippen LogP contribution is 2.23. The van der Waals surface area contributed by atoms with E-state index in [-0.39, 0.29) is 5.69 Å². The monoisotopic (exact) mass is 463 g/mol. The second kappa shape index (κ2) is 9.30. The molecule has 33 heavy (non-hydrogen) atoms. The molecule has 168 valence electrons. The molecule has 0 saturated carbocycles. The largest absolute Gasteiger partial charge is 0.497 e. The van der Waals surface area contributed by atoms with Crippen molar-refractivity contribution in [3.63, 3.8) is 0 Å². The second-order valence-electron chi connectivity index (χ2n) is 7.46. The van der Waals surface area contributed by atoms with E-state index in [0.717, 1.165) is 5.56 Å². The molecule has 2 heterocycles. The molecule has 2 aromatic carbocycles. The first kappa shape index (κ1) is 22.3. The van der Waals surface area contributed by atoms with Crippen LogP contribution in [0.3, 0.4) is 0 Å². The summed E-state index contributed by atoms with van der Waals surface area (Å²) in [5.41, 5.74) is 1.37. The van der Waals surface area contributed by atoms with Crippen LogP contribution >= 0.6 is 11.6 Å². The first-order valence-corrected chi connectivity index (χ1v) is 10.5. The second-order valence-corrected chi connectivity index (χ2v) is 7.90. The highest BCUT2D eigenvalue weighted by Gasteiger charge is 2.24. The fourth-order valence-electron chi connectivity index (χ4n) is 3.50. The van der Waals surface area contributed by atoms with Crippen molar-refractivity contribution in [3.05, 3.63) is 105 Å². The summed E-state index contributed by atoms with van der Waals surface area (Å²) in [6.45, 7) is 1.75. The molecular formula is C24H22ClN5O3. The molecule has 8 nitrogen and oxygen atoms in total. The lowest BCUT2D eigenvalue weighted by Gasteiger charge is -2.19. The Morgan fingerprint density at radius 1 is 1.12 bits per heavy atom. The van der Waals surface area contributed by atoms with Gasteiger partial charge in [0.15, 0.2) is 5.69 Å². The van der Waals surface area contributed by atoms with Gasteiger partial charge in [0, 0.05) is 36.2 Å². The average molecular weight is 464 g/mol. The van der Waals surface area contributed by atoms with Gasteiger partial charge in [-0.05, 0) is 48.9 Å². The van der Waals surface area contributed by atoms with E-state index in [0.29, 0.717) is 28.0 Å². The molecule has 0 fully saturated rings. The number of aromatic nitrogens is 4. The number of aryl methyl sites for hydroxylation is 2. The average Bonchev–Trinajstić information content (AvgIpc) is 3.24. The van der Waals surface area contributed by atoms with Crippen LogP contribution < -0.4 is 15.5 Å². The Labute approximate surface area is 195 Å². The number of rotatable bonds is 6. The highest BCUT2D eigenvalue weighted by molar-refractivity contribution is 6.30. The molecule has 1 N–H and O–H groups in total. The quantitative estimate of drug-likeness (QED) is 0.473. The number of methoxy groups -OCH3 is 1. The number of carbonyl (C=O) groups is 1. The van der Waals surface area contributed by atoms with Gasteiger partial charge in [-0.2, -0.15) is 5.10 Å². The Balaban J connectivity index is 1.72. The molecule has 1 amide bonds. The number of carbonyl (C=O) groups excluding carboxylic acids is 1. The third-order valence-electron chi connectivity index (χ3n) is 5.23. The molecule has 2 aromatic heterocycles. The number of benzene rings is 2. The fourth-order valence-corrected chi connectivity index (χ4v) is 3.62. The molecule has 1 unspecified atom stereocenters. The summed E-state index contributed by atoms with van der Waals surface area (Å²) in [4.78, 5) is 30.3. The van der Waals surface area contributed by atoms with Crippen LogP contribution in [0.15, 0.2) is 71.8 Å². The van der Waals surface area contributed by atoms with Crippen LogP contribution in [0.1, 0.15) is 33.6 Å². The van der Waals surface area contributed by atoms with E-state index in [1.165, 1.54) is 10.7 Å². The summed E-state index contributed by atoms with van der Waals surface area (Å²) in [5.74, 6) is 0.694. The Kier molecular flexibility index (Phi) is 6.28. The first-order valence-electron chi connectivity index (χ1n) is 10.2. The van der Waals surface area contributed by atoms with Crippen molar-refractivity contribution in [3.8, 4) is 11.4 Å². The summed E-state index contributed by atoms with van der Waals surface area (Å²) < 4.78 is 8.58. The zero-order chi connectivity index (χ0) is 23.5. The normalized spacial score (nSPS) is 11.8. The SMILES string of the molecule is COc1ccc(C(NC(=O)c2nn(-c3ccc(Cl)cc3)c(C)cc2=O)c2nccn2C)cc1. The zero-order valence-corrected chi connectivity index (χ0v) is 19.1. The molecule has 4 rings (SSSR count). The predicted molar refractivity (Wildman–Crippen MR) is 125 cm³/mol. The van der Waals surface area contributed by atoms with Crippen molar-refractivity contribution < 1.29 is 9.53 Å². The number of nitrogens with one attached hydrogen (secondary N) is 1. The van der Waals surface area contributed by atoms with Gasteiger partial charge in [0.1, 0.15) is 17.6 Å². The van der Waals surface area contributed by atoms with E-state index in [1.807, 2.05) is 23.7 Å². The van der Waals surface area contributed by atoms with Crippen LogP contribution in [0.5, 0.6) is 5.75 Å². The third kappa shape index (κ3) is 4.65. The van der Waals surface area contributed by atoms with Gasteiger partial charge >= 0.3 is 0 Å². The molecule has 0 bridgehead atoms. The minimum Gasteiger partial charge on any atom is -0.497 e. The van der Waals surface area contributed by atoms with Gasteiger partial charge in [-0.3, -0.25) is 9.59 Å². The van der Waals surface area contributed by atoms with Gasteiger partial charge in [-0.1, -0.05) is 23.7 Å². The van der Waals surface area contributed by atoms with Crippen LogP contribution in [-0.2, 0) is 7.05 Å². The molecule has 1 atom stereocenters. The lowest BCUT2D eigenvalue weighted by atomic mass is 10.1. The number of amides is 1. The van der Waals surface area contributed by atoms with E-state index in [9.17, 15) is 9.59 Å². The van der Waals surface area contributed by atoms with E-state index in [2.05, 4.69) is 15.4 Å². The highest BCUT2D eigenvalue weighted by atomic mass is 35.5. The van der Waals surface area contributed by atoms with Crippen molar-refractivity contribution in [1.82, 2.24) is 24.6 Å². The minimum absolute atomic E-state index is 0.219. The molecule has 4 aromatic rings. The summed E-state index contributed by atoms with van der Waals surface area (Å²) in [6, 6.07) is 15.0. The number of nitrogens with zero attached hydrogens (tertiary/aromatic N) is 4. The molecule has 9 heteroatoms. The Bertz CT molecular complexity index is 1340. The van der Waals surface area contributed by atoms with Crippen molar-refractivity contribution in [2.45, 2.75) is 13.0 Å². The van der Waals surface area contributed by atoms with Gasteiger partial charge in [-0.25, -0.2) is 9.67 Å². The Morgan fingerprint density at radius 3 is 2.42 bits per heavy atom. The summed E-state index contributed by atoms with van der Waals surface area (Å²) in [7, 11) is 3.42. The number of hydrogen-bond acceptors (Lipinski definition) is 5. The smallest absolute Gasteiger partial charge is 0.276 e. The third-order valence-corrected chi connectivity index (χ3v) is 5.49. The zero-order valence-electron chi connectivity index (χ0n) is 18.3. The molecule has 0 saturated heterocycles. The van der Waals surface area contributed by atoms with Crippen molar-refractivity contribution in [2.24, 2.45) is 7.05 Å². The summed E-state index contributed by atoms with van der Waals surface area (Å²) >= 11 is 5.98. The van der Waals surface area contributed by atoms with E-state index < -0.39 is 17.4 Å². The molecule has 0 radical (unpaired) electrons. The van der Waals surface area contributed by atoms with Crippen LogP contribution in [0.25, 0.3) is 5.69 Å². The van der Waals surface area contributed by atoms with Gasteiger partial charge in [0.25, 0.3) is 5.91 Å². The number of halogens is 1. The lowest BCUT2D eigenvalue weighted by molar-refractivity contribution is 0.0933. The van der Waals surface area contributed by atoms with E-state index in [1.54, 1.807) is 62.8 Å². The molecule has 0 spiro atoms. The summed E-state index contributed by atoms with van der Waals surface area (Å²) in [5, 5.41) is 7.85. The van der Waals surface area contributed by atoms with Crippen LogP contribution in [0, 0.1) is 6.92 Å². The maximum absolute atomic E-state index is 13.3. The fraction of sp³-hybridized carbons (Fsp3) is 0.167. The van der Waals surface area contributed by atoms with Gasteiger partial charge < -0.3 is 14.6 Å². The standard InChI is InChI=1S/C24H22ClN5O3/c1-15-14-20(31)22(28-30(15)18-8-6-17(25)7-9-18)24(32)27-21(23-26-12-13-29(23)2)16-4-10-19(33-3)11-5-16/h4-14,21H,1-3H3,(H,27,32). The predicted octanol–water partition coefficient (Wildman–Crippen LogP) is 3.46. The van der Waals surface area contributed by atoms with Gasteiger partial charge in [-0.15, -0.1) is 0 Å². The minimum atomic E-state index is -0.605. The molecule has 0 aliphatic carbocycles. The molecule has 0 aliphatic heterocycles. The van der Waals surface area contributed by atoms with Crippen LogP contribution in [-0.4, -0.2) is 32.3 Å². The van der Waals surface area contributed by atoms with E-state index in [4.69, 9.17) is 16.3 Å².